The molecule has 2 amide bonds. The second-order valence-electron chi connectivity index (χ2n) is 4.31. The molecule has 3 N–H and O–H groups in total. The standard InChI is InChI=1S/C9H16N4O/c1-6-5-13(2)4-3-9(6)7(10)11-8(14)12-9/h6H,3-5H2,1-2H3,(H3,10,11,12,14). The Labute approximate surface area is 83.4 Å². The van der Waals surface area contributed by atoms with Gasteiger partial charge in [0, 0.05) is 13.1 Å². The van der Waals surface area contributed by atoms with E-state index in [4.69, 9.17) is 5.73 Å². The van der Waals surface area contributed by atoms with E-state index in [0.717, 1.165) is 19.5 Å². The fourth-order valence-corrected chi connectivity index (χ4v) is 2.39. The molecule has 2 heterocycles. The number of rotatable bonds is 0. The van der Waals surface area contributed by atoms with Gasteiger partial charge in [-0.3, -0.25) is 0 Å². The first-order chi connectivity index (χ1) is 6.54. The molecule has 2 aliphatic heterocycles. The molecule has 0 aliphatic carbocycles. The number of hydrogen-bond donors (Lipinski definition) is 2. The normalized spacial score (nSPS) is 38.6. The summed E-state index contributed by atoms with van der Waals surface area (Å²) in [6, 6.07) is -0.293. The van der Waals surface area contributed by atoms with Gasteiger partial charge in [0.2, 0.25) is 0 Å². The minimum absolute atomic E-state index is 0.293. The van der Waals surface area contributed by atoms with Gasteiger partial charge < -0.3 is 16.0 Å². The monoisotopic (exact) mass is 196 g/mol. The van der Waals surface area contributed by atoms with E-state index in [2.05, 4.69) is 29.2 Å². The Morgan fingerprint density at radius 1 is 1.71 bits per heavy atom. The van der Waals surface area contributed by atoms with Crippen molar-refractivity contribution in [1.82, 2.24) is 10.2 Å². The molecule has 2 rings (SSSR count). The zero-order chi connectivity index (χ0) is 10.3. The van der Waals surface area contributed by atoms with Crippen LogP contribution in [0.5, 0.6) is 0 Å². The lowest BCUT2D eigenvalue weighted by atomic mass is 9.78. The molecule has 5 heteroatoms. The van der Waals surface area contributed by atoms with Crippen molar-refractivity contribution in [3.63, 3.8) is 0 Å². The van der Waals surface area contributed by atoms with Gasteiger partial charge in [0.05, 0.1) is 0 Å². The Hall–Kier alpha value is -1.10. The number of likely N-dealkylation sites (tertiary alicyclic amines) is 1. The second-order valence-corrected chi connectivity index (χ2v) is 4.31. The van der Waals surface area contributed by atoms with Crippen molar-refractivity contribution in [2.75, 3.05) is 20.1 Å². The lowest BCUT2D eigenvalue weighted by Crippen LogP contribution is -2.62. The van der Waals surface area contributed by atoms with Crippen LogP contribution >= 0.6 is 0 Å². The third-order valence-corrected chi connectivity index (χ3v) is 3.32. The predicted molar refractivity (Wildman–Crippen MR) is 54.2 cm³/mol. The van der Waals surface area contributed by atoms with E-state index in [9.17, 15) is 4.79 Å². The molecule has 0 aromatic carbocycles. The summed E-state index contributed by atoms with van der Waals surface area (Å²) in [6.07, 6.45) is 0.853. The predicted octanol–water partition coefficient (Wildman–Crippen LogP) is -0.223. The minimum Gasteiger partial charge on any atom is -0.385 e. The summed E-state index contributed by atoms with van der Waals surface area (Å²) in [5.41, 5.74) is 5.45. The topological polar surface area (TPSA) is 70.7 Å². The summed E-state index contributed by atoms with van der Waals surface area (Å²) < 4.78 is 0. The van der Waals surface area contributed by atoms with Gasteiger partial charge in [-0.2, -0.15) is 4.99 Å². The molecule has 2 atom stereocenters. The van der Waals surface area contributed by atoms with Crippen molar-refractivity contribution >= 4 is 11.9 Å². The van der Waals surface area contributed by atoms with E-state index >= 15 is 0 Å². The van der Waals surface area contributed by atoms with Crippen LogP contribution in [0.4, 0.5) is 4.79 Å². The van der Waals surface area contributed by atoms with E-state index in [1.165, 1.54) is 0 Å². The molecule has 0 aromatic rings. The molecule has 78 valence electrons. The van der Waals surface area contributed by atoms with Crippen molar-refractivity contribution < 1.29 is 4.79 Å². The molecule has 14 heavy (non-hydrogen) atoms. The molecular weight excluding hydrogens is 180 g/mol. The molecule has 2 unspecified atom stereocenters. The largest absolute Gasteiger partial charge is 0.385 e. The molecular formula is C9H16N4O. The number of amidine groups is 1. The SMILES string of the molecule is CC1CN(C)CCC12NC(=O)N=C2N. The van der Waals surface area contributed by atoms with Gasteiger partial charge in [0.25, 0.3) is 0 Å². The molecule has 2 aliphatic rings. The lowest BCUT2D eigenvalue weighted by Gasteiger charge is -2.42. The molecule has 5 nitrogen and oxygen atoms in total. The van der Waals surface area contributed by atoms with Gasteiger partial charge in [-0.1, -0.05) is 6.92 Å². The number of piperidine rings is 1. The molecule has 0 bridgehead atoms. The van der Waals surface area contributed by atoms with E-state index < -0.39 is 0 Å². The maximum absolute atomic E-state index is 11.2. The van der Waals surface area contributed by atoms with Crippen LogP contribution in [-0.2, 0) is 0 Å². The second kappa shape index (κ2) is 2.95. The van der Waals surface area contributed by atoms with Crippen molar-refractivity contribution in [2.45, 2.75) is 18.9 Å². The summed E-state index contributed by atoms with van der Waals surface area (Å²) in [7, 11) is 2.08. The van der Waals surface area contributed by atoms with Gasteiger partial charge in [0.1, 0.15) is 11.4 Å². The van der Waals surface area contributed by atoms with Gasteiger partial charge in [-0.15, -0.1) is 0 Å². The zero-order valence-electron chi connectivity index (χ0n) is 8.58. The van der Waals surface area contributed by atoms with Crippen LogP contribution in [0.15, 0.2) is 4.99 Å². The van der Waals surface area contributed by atoms with Crippen LogP contribution in [-0.4, -0.2) is 42.4 Å². The Bertz CT molecular complexity index is 301. The van der Waals surface area contributed by atoms with Crippen LogP contribution < -0.4 is 11.1 Å². The van der Waals surface area contributed by atoms with E-state index in [1.807, 2.05) is 0 Å². The van der Waals surface area contributed by atoms with E-state index in [0.29, 0.717) is 11.8 Å². The first kappa shape index (κ1) is 9.45. The van der Waals surface area contributed by atoms with Crippen molar-refractivity contribution in [2.24, 2.45) is 16.6 Å². The fraction of sp³-hybridized carbons (Fsp3) is 0.778. The molecule has 1 saturated heterocycles. The highest BCUT2D eigenvalue weighted by Gasteiger charge is 2.47. The van der Waals surface area contributed by atoms with Crippen LogP contribution in [0.1, 0.15) is 13.3 Å². The van der Waals surface area contributed by atoms with Crippen LogP contribution in [0.25, 0.3) is 0 Å². The highest BCUT2D eigenvalue weighted by molar-refractivity contribution is 6.06. The summed E-state index contributed by atoms with van der Waals surface area (Å²) in [5, 5.41) is 2.89. The lowest BCUT2D eigenvalue weighted by molar-refractivity contribution is 0.149. The maximum Gasteiger partial charge on any atom is 0.343 e. The number of urea groups is 1. The van der Waals surface area contributed by atoms with Crippen molar-refractivity contribution in [3.8, 4) is 0 Å². The molecule has 0 aromatic heterocycles. The number of nitrogens with two attached hydrogens (primary N) is 1. The fourth-order valence-electron chi connectivity index (χ4n) is 2.39. The van der Waals surface area contributed by atoms with Gasteiger partial charge in [-0.05, 0) is 19.4 Å². The zero-order valence-corrected chi connectivity index (χ0v) is 8.58. The Morgan fingerprint density at radius 2 is 2.43 bits per heavy atom. The summed E-state index contributed by atoms with van der Waals surface area (Å²) in [5.74, 6) is 0.777. The average Bonchev–Trinajstić information content (AvgIpc) is 2.37. The highest BCUT2D eigenvalue weighted by atomic mass is 16.2. The molecule has 1 spiro atoms. The smallest absolute Gasteiger partial charge is 0.343 e. The van der Waals surface area contributed by atoms with E-state index in [1.54, 1.807) is 0 Å². The Kier molecular flexibility index (Phi) is 1.99. The molecule has 0 saturated carbocycles. The van der Waals surface area contributed by atoms with Crippen molar-refractivity contribution in [3.05, 3.63) is 0 Å². The molecule has 1 fully saturated rings. The summed E-state index contributed by atoms with van der Waals surface area (Å²) >= 11 is 0. The number of amides is 2. The Morgan fingerprint density at radius 3 is 2.93 bits per heavy atom. The Balaban J connectivity index is 2.25. The first-order valence-electron chi connectivity index (χ1n) is 4.90. The number of nitrogens with one attached hydrogen (secondary N) is 1. The summed E-state index contributed by atoms with van der Waals surface area (Å²) in [6.45, 7) is 3.99. The summed E-state index contributed by atoms with van der Waals surface area (Å²) in [4.78, 5) is 17.2. The van der Waals surface area contributed by atoms with Gasteiger partial charge in [-0.25, -0.2) is 4.79 Å². The number of aliphatic imine (C=N–C) groups is 1. The maximum atomic E-state index is 11.2. The average molecular weight is 196 g/mol. The number of nitrogens with zero attached hydrogens (tertiary/aromatic N) is 2. The van der Waals surface area contributed by atoms with Gasteiger partial charge in [0.15, 0.2) is 0 Å². The third-order valence-electron chi connectivity index (χ3n) is 3.32. The van der Waals surface area contributed by atoms with Crippen LogP contribution in [0.3, 0.4) is 0 Å². The third kappa shape index (κ3) is 1.19. The number of carbonyl (C=O) groups is 1. The van der Waals surface area contributed by atoms with Crippen LogP contribution in [0.2, 0.25) is 0 Å². The van der Waals surface area contributed by atoms with Crippen LogP contribution in [0, 0.1) is 5.92 Å². The number of carbonyl (C=O) groups excluding carboxylic acids is 1. The quantitative estimate of drug-likeness (QED) is 0.562. The highest BCUT2D eigenvalue weighted by Crippen LogP contribution is 2.30. The van der Waals surface area contributed by atoms with E-state index in [-0.39, 0.29) is 11.6 Å². The molecule has 0 radical (unpaired) electrons. The first-order valence-corrected chi connectivity index (χ1v) is 4.90. The minimum atomic E-state index is -0.371. The van der Waals surface area contributed by atoms with Crippen molar-refractivity contribution in [1.29, 1.82) is 0 Å². The van der Waals surface area contributed by atoms with Gasteiger partial charge >= 0.3 is 6.03 Å². The number of hydrogen-bond acceptors (Lipinski definition) is 3.